The number of hydrogen-bond donors (Lipinski definition) is 1. The van der Waals surface area contributed by atoms with E-state index < -0.39 is 0 Å². The first-order valence-electron chi connectivity index (χ1n) is 9.94. The molecule has 0 spiro atoms. The van der Waals surface area contributed by atoms with Gasteiger partial charge in [0.2, 0.25) is 0 Å². The number of anilines is 2. The number of benzene rings is 2. The fourth-order valence-electron chi connectivity index (χ4n) is 4.64. The fourth-order valence-corrected chi connectivity index (χ4v) is 4.98. The average Bonchev–Trinajstić information content (AvgIpc) is 2.95. The molecule has 4 rings (SSSR count). The van der Waals surface area contributed by atoms with Gasteiger partial charge in [-0.2, -0.15) is 0 Å². The molecule has 1 fully saturated rings. The van der Waals surface area contributed by atoms with Gasteiger partial charge in [-0.1, -0.05) is 49.7 Å². The van der Waals surface area contributed by atoms with E-state index >= 15 is 0 Å². The summed E-state index contributed by atoms with van der Waals surface area (Å²) in [5.41, 5.74) is 6.50. The lowest BCUT2D eigenvalue weighted by molar-refractivity contribution is 0.237. The lowest BCUT2D eigenvalue weighted by Gasteiger charge is -2.37. The summed E-state index contributed by atoms with van der Waals surface area (Å²) in [5.74, 6) is 0.986. The Kier molecular flexibility index (Phi) is 4.95. The Morgan fingerprint density at radius 2 is 1.96 bits per heavy atom. The molecule has 2 aliphatic heterocycles. The van der Waals surface area contributed by atoms with Crippen molar-refractivity contribution in [2.24, 2.45) is 0 Å². The molecular formula is C23H29N3S. The number of piperidine rings is 1. The normalized spacial score (nSPS) is 21.9. The fraction of sp³-hybridized carbons (Fsp3) is 0.435. The molecule has 27 heavy (non-hydrogen) atoms. The minimum Gasteiger partial charge on any atom is -0.332 e. The van der Waals surface area contributed by atoms with E-state index in [1.165, 1.54) is 22.4 Å². The van der Waals surface area contributed by atoms with Crippen molar-refractivity contribution in [2.75, 3.05) is 30.4 Å². The predicted octanol–water partition coefficient (Wildman–Crippen LogP) is 5.12. The van der Waals surface area contributed by atoms with Crippen LogP contribution in [-0.4, -0.2) is 36.2 Å². The van der Waals surface area contributed by atoms with Crippen LogP contribution in [0.5, 0.6) is 0 Å². The van der Waals surface area contributed by atoms with Crippen LogP contribution in [0.3, 0.4) is 0 Å². The van der Waals surface area contributed by atoms with Crippen LogP contribution >= 0.6 is 12.2 Å². The molecule has 1 N–H and O–H groups in total. The van der Waals surface area contributed by atoms with Crippen LogP contribution in [-0.2, 0) is 0 Å². The molecule has 4 heteroatoms. The van der Waals surface area contributed by atoms with E-state index in [0.717, 1.165) is 30.3 Å². The van der Waals surface area contributed by atoms with Gasteiger partial charge in [0.05, 0.1) is 0 Å². The summed E-state index contributed by atoms with van der Waals surface area (Å²) in [6.07, 6.45) is 1.14. The zero-order valence-electron chi connectivity index (χ0n) is 16.7. The van der Waals surface area contributed by atoms with Gasteiger partial charge in [-0.15, -0.1) is 0 Å². The topological polar surface area (TPSA) is 18.5 Å². The van der Waals surface area contributed by atoms with Crippen LogP contribution in [0, 0.1) is 6.92 Å². The second-order valence-corrected chi connectivity index (χ2v) is 8.72. The maximum atomic E-state index is 5.95. The first kappa shape index (κ1) is 18.5. The van der Waals surface area contributed by atoms with Crippen molar-refractivity contribution in [1.29, 1.82) is 0 Å². The number of nitrogens with one attached hydrogen (secondary N) is 1. The molecule has 142 valence electrons. The first-order chi connectivity index (χ1) is 13.0. The van der Waals surface area contributed by atoms with Gasteiger partial charge in [-0.25, -0.2) is 0 Å². The van der Waals surface area contributed by atoms with Crippen molar-refractivity contribution in [3.63, 3.8) is 0 Å². The minimum atomic E-state index is 0.448. The minimum absolute atomic E-state index is 0.448. The predicted molar refractivity (Wildman–Crippen MR) is 119 cm³/mol. The molecule has 0 bridgehead atoms. The summed E-state index contributed by atoms with van der Waals surface area (Å²) in [6.45, 7) is 8.85. The number of likely N-dealkylation sites (N-methyl/N-ethyl adjacent to an activating group) is 1. The Bertz CT molecular complexity index is 860. The van der Waals surface area contributed by atoms with Crippen LogP contribution in [0.25, 0.3) is 0 Å². The third-order valence-corrected chi connectivity index (χ3v) is 6.30. The third-order valence-electron chi connectivity index (χ3n) is 6.00. The molecule has 2 heterocycles. The second-order valence-electron chi connectivity index (χ2n) is 8.33. The second kappa shape index (κ2) is 7.25. The summed E-state index contributed by atoms with van der Waals surface area (Å²) in [7, 11) is 2.23. The zero-order chi connectivity index (χ0) is 19.1. The van der Waals surface area contributed by atoms with E-state index in [1.54, 1.807) is 0 Å². The molecule has 3 nitrogen and oxygen atoms in total. The largest absolute Gasteiger partial charge is 0.332 e. The summed E-state index contributed by atoms with van der Waals surface area (Å²) < 4.78 is 0. The number of nitrogens with zero attached hydrogens (tertiary/aromatic N) is 2. The molecule has 2 aromatic carbocycles. The van der Waals surface area contributed by atoms with Crippen LogP contribution < -0.4 is 10.2 Å². The van der Waals surface area contributed by atoms with E-state index in [1.807, 2.05) is 0 Å². The van der Waals surface area contributed by atoms with Gasteiger partial charge in [-0.05, 0) is 68.3 Å². The first-order valence-corrected chi connectivity index (χ1v) is 10.3. The highest BCUT2D eigenvalue weighted by Gasteiger charge is 2.42. The smallest absolute Gasteiger partial charge is 0.178 e. The van der Waals surface area contributed by atoms with E-state index in [-0.39, 0.29) is 0 Å². The lowest BCUT2D eigenvalue weighted by Crippen LogP contribution is -2.48. The molecule has 2 unspecified atom stereocenters. The maximum Gasteiger partial charge on any atom is 0.178 e. The van der Waals surface area contributed by atoms with Crippen molar-refractivity contribution in [3.05, 3.63) is 59.2 Å². The van der Waals surface area contributed by atoms with Crippen LogP contribution in [0.2, 0.25) is 0 Å². The molecular weight excluding hydrogens is 350 g/mol. The molecule has 2 aromatic rings. The van der Waals surface area contributed by atoms with E-state index in [0.29, 0.717) is 17.9 Å². The van der Waals surface area contributed by atoms with E-state index in [9.17, 15) is 0 Å². The Morgan fingerprint density at radius 1 is 1.19 bits per heavy atom. The van der Waals surface area contributed by atoms with Crippen LogP contribution in [0.1, 0.15) is 48.8 Å². The van der Waals surface area contributed by atoms with Crippen molar-refractivity contribution < 1.29 is 0 Å². The van der Waals surface area contributed by atoms with Gasteiger partial charge in [0, 0.05) is 29.9 Å². The van der Waals surface area contributed by atoms with Gasteiger partial charge in [0.15, 0.2) is 5.11 Å². The summed E-state index contributed by atoms with van der Waals surface area (Å²) >= 11 is 5.95. The Hall–Kier alpha value is -1.91. The molecule has 0 aliphatic carbocycles. The quantitative estimate of drug-likeness (QED) is 0.730. The van der Waals surface area contributed by atoms with Gasteiger partial charge in [0.25, 0.3) is 0 Å². The van der Waals surface area contributed by atoms with Gasteiger partial charge >= 0.3 is 0 Å². The highest BCUT2D eigenvalue weighted by molar-refractivity contribution is 7.80. The SMILES string of the molecule is Cc1ccc2c(c1)C1CN(C)CCC1N2C(=S)Nc1ccccc1C(C)C. The Labute approximate surface area is 168 Å². The number of hydrogen-bond acceptors (Lipinski definition) is 2. The van der Waals surface area contributed by atoms with Crippen molar-refractivity contribution in [3.8, 4) is 0 Å². The lowest BCUT2D eigenvalue weighted by atomic mass is 9.89. The molecule has 0 aromatic heterocycles. The van der Waals surface area contributed by atoms with Crippen LogP contribution in [0.15, 0.2) is 42.5 Å². The van der Waals surface area contributed by atoms with Crippen molar-refractivity contribution in [1.82, 2.24) is 4.90 Å². The van der Waals surface area contributed by atoms with Crippen molar-refractivity contribution in [2.45, 2.75) is 45.1 Å². The Balaban J connectivity index is 1.68. The van der Waals surface area contributed by atoms with Gasteiger partial charge < -0.3 is 15.1 Å². The van der Waals surface area contributed by atoms with E-state index in [4.69, 9.17) is 12.2 Å². The summed E-state index contributed by atoms with van der Waals surface area (Å²) in [5, 5.41) is 4.40. The van der Waals surface area contributed by atoms with E-state index in [2.05, 4.69) is 85.4 Å². The maximum absolute atomic E-state index is 5.95. The number of rotatable bonds is 2. The summed E-state index contributed by atoms with van der Waals surface area (Å²) in [6, 6.07) is 15.8. The summed E-state index contributed by atoms with van der Waals surface area (Å²) in [4.78, 5) is 4.83. The highest BCUT2D eigenvalue weighted by Crippen LogP contribution is 2.45. The average molecular weight is 380 g/mol. The number of aryl methyl sites for hydroxylation is 1. The Morgan fingerprint density at radius 3 is 2.74 bits per heavy atom. The third kappa shape index (κ3) is 3.37. The number of fused-ring (bicyclic) bond motifs is 3. The number of likely N-dealkylation sites (tertiary alicyclic amines) is 1. The number of thiocarbonyl (C=S) groups is 1. The molecule has 0 saturated carbocycles. The molecule has 0 radical (unpaired) electrons. The van der Waals surface area contributed by atoms with Crippen molar-refractivity contribution >= 4 is 28.7 Å². The highest BCUT2D eigenvalue weighted by atomic mass is 32.1. The molecule has 0 amide bonds. The monoisotopic (exact) mass is 379 g/mol. The standard InChI is InChI=1S/C23H29N3S/c1-15(2)17-7-5-6-8-20(17)24-23(27)26-21-10-9-16(3)13-18(21)19-14-25(4)12-11-22(19)26/h5-10,13,15,19,22H,11-12,14H2,1-4H3,(H,24,27). The molecule has 2 aliphatic rings. The van der Waals surface area contributed by atoms with Gasteiger partial charge in [0.1, 0.15) is 0 Å². The van der Waals surface area contributed by atoms with Gasteiger partial charge in [-0.3, -0.25) is 0 Å². The molecule has 2 atom stereocenters. The molecule has 1 saturated heterocycles. The number of para-hydroxylation sites is 1. The zero-order valence-corrected chi connectivity index (χ0v) is 17.5. The van der Waals surface area contributed by atoms with Crippen LogP contribution in [0.4, 0.5) is 11.4 Å².